The zero-order valence-corrected chi connectivity index (χ0v) is 6.62. The molecule has 1 rings (SSSR count). The van der Waals surface area contributed by atoms with Gasteiger partial charge in [-0.15, -0.1) is 0 Å². The number of aliphatic hydroxyl groups excluding tert-OH is 1. The minimum Gasteiger partial charge on any atom is -0.392 e. The van der Waals surface area contributed by atoms with Gasteiger partial charge in [0.2, 0.25) is 5.91 Å². The summed E-state index contributed by atoms with van der Waals surface area (Å²) in [5, 5.41) is 9.42. The van der Waals surface area contributed by atoms with Crippen LogP contribution in [0.1, 0.15) is 32.1 Å². The Labute approximate surface area is 66.6 Å². The second-order valence-electron chi connectivity index (χ2n) is 3.21. The molecule has 0 radical (unpaired) electrons. The predicted molar refractivity (Wildman–Crippen MR) is 41.8 cm³/mol. The lowest BCUT2D eigenvalue weighted by molar-refractivity contribution is -0.125. The molecular weight excluding hydrogens is 142 g/mol. The lowest BCUT2D eigenvalue weighted by Gasteiger charge is -2.15. The van der Waals surface area contributed by atoms with Gasteiger partial charge >= 0.3 is 0 Å². The van der Waals surface area contributed by atoms with Crippen molar-refractivity contribution in [3.63, 3.8) is 0 Å². The van der Waals surface area contributed by atoms with Crippen molar-refractivity contribution in [2.24, 2.45) is 11.7 Å². The fraction of sp³-hybridized carbons (Fsp3) is 0.875. The van der Waals surface area contributed by atoms with E-state index in [0.29, 0.717) is 0 Å². The third-order valence-corrected chi connectivity index (χ3v) is 2.34. The van der Waals surface area contributed by atoms with Crippen molar-refractivity contribution < 1.29 is 9.90 Å². The quantitative estimate of drug-likeness (QED) is 0.541. The number of amides is 1. The molecule has 0 heterocycles. The van der Waals surface area contributed by atoms with Gasteiger partial charge < -0.3 is 10.8 Å². The summed E-state index contributed by atoms with van der Waals surface area (Å²) in [6.07, 6.45) is 4.15. The number of nitrogens with two attached hydrogens (primary N) is 1. The Hall–Kier alpha value is -0.570. The summed E-state index contributed by atoms with van der Waals surface area (Å²) in [6.45, 7) is 0. The molecule has 0 aliphatic heterocycles. The van der Waals surface area contributed by atoms with Crippen molar-refractivity contribution in [1.29, 1.82) is 0 Å². The molecule has 64 valence electrons. The van der Waals surface area contributed by atoms with Crippen LogP contribution in [0.15, 0.2) is 0 Å². The van der Waals surface area contributed by atoms with E-state index in [1.165, 1.54) is 0 Å². The van der Waals surface area contributed by atoms with Crippen molar-refractivity contribution in [3.8, 4) is 0 Å². The molecule has 1 saturated carbocycles. The topological polar surface area (TPSA) is 63.3 Å². The number of primary amides is 1. The standard InChI is InChI=1S/C8H15NO2/c9-8(11)6-4-2-1-3-5-7(6)10/h6-7,10H,1-5H2,(H2,9,11)/t6-,7-/m1/s1. The smallest absolute Gasteiger partial charge is 0.223 e. The van der Waals surface area contributed by atoms with E-state index in [9.17, 15) is 9.90 Å². The van der Waals surface area contributed by atoms with Crippen LogP contribution in [0.5, 0.6) is 0 Å². The van der Waals surface area contributed by atoms with Crippen LogP contribution in [0.2, 0.25) is 0 Å². The Bertz CT molecular complexity index is 147. The lowest BCUT2D eigenvalue weighted by Crippen LogP contribution is -2.32. The van der Waals surface area contributed by atoms with Crippen molar-refractivity contribution in [3.05, 3.63) is 0 Å². The Morgan fingerprint density at radius 1 is 1.27 bits per heavy atom. The first-order valence-corrected chi connectivity index (χ1v) is 4.19. The summed E-state index contributed by atoms with van der Waals surface area (Å²) >= 11 is 0. The molecule has 0 spiro atoms. The van der Waals surface area contributed by atoms with Gasteiger partial charge in [-0.25, -0.2) is 0 Å². The molecule has 0 bridgehead atoms. The Balaban J connectivity index is 2.52. The zero-order valence-electron chi connectivity index (χ0n) is 6.62. The van der Waals surface area contributed by atoms with E-state index in [2.05, 4.69) is 0 Å². The molecule has 1 aliphatic carbocycles. The van der Waals surface area contributed by atoms with Gasteiger partial charge in [0, 0.05) is 0 Å². The van der Waals surface area contributed by atoms with Crippen LogP contribution in [0.4, 0.5) is 0 Å². The third-order valence-electron chi connectivity index (χ3n) is 2.34. The van der Waals surface area contributed by atoms with E-state index in [1.54, 1.807) is 0 Å². The Morgan fingerprint density at radius 3 is 2.55 bits per heavy atom. The highest BCUT2D eigenvalue weighted by Crippen LogP contribution is 2.22. The van der Waals surface area contributed by atoms with Gasteiger partial charge in [-0.3, -0.25) is 4.79 Å². The lowest BCUT2D eigenvalue weighted by atomic mass is 9.97. The summed E-state index contributed by atoms with van der Waals surface area (Å²) in [5.74, 6) is -0.642. The number of hydrogen-bond donors (Lipinski definition) is 2. The molecule has 3 heteroatoms. The van der Waals surface area contributed by atoms with E-state index in [1.807, 2.05) is 0 Å². The first kappa shape index (κ1) is 8.53. The summed E-state index contributed by atoms with van der Waals surface area (Å²) in [7, 11) is 0. The molecule has 0 saturated heterocycles. The number of rotatable bonds is 1. The maximum atomic E-state index is 10.8. The fourth-order valence-corrected chi connectivity index (χ4v) is 1.62. The summed E-state index contributed by atoms with van der Waals surface area (Å²) < 4.78 is 0. The van der Waals surface area contributed by atoms with E-state index in [4.69, 9.17) is 5.73 Å². The van der Waals surface area contributed by atoms with Crippen LogP contribution >= 0.6 is 0 Å². The average molecular weight is 157 g/mol. The fourth-order valence-electron chi connectivity index (χ4n) is 1.62. The molecule has 1 aliphatic rings. The average Bonchev–Trinajstić information content (AvgIpc) is 2.13. The molecule has 0 unspecified atom stereocenters. The molecule has 1 amide bonds. The van der Waals surface area contributed by atoms with E-state index < -0.39 is 6.10 Å². The molecule has 3 nitrogen and oxygen atoms in total. The highest BCUT2D eigenvalue weighted by molar-refractivity contribution is 5.77. The monoisotopic (exact) mass is 157 g/mol. The largest absolute Gasteiger partial charge is 0.392 e. The Kier molecular flexibility index (Phi) is 2.88. The normalized spacial score (nSPS) is 32.8. The maximum absolute atomic E-state index is 10.8. The van der Waals surface area contributed by atoms with Crippen molar-refractivity contribution in [1.82, 2.24) is 0 Å². The van der Waals surface area contributed by atoms with Crippen LogP contribution in [-0.2, 0) is 4.79 Å². The highest BCUT2D eigenvalue weighted by Gasteiger charge is 2.25. The number of hydrogen-bond acceptors (Lipinski definition) is 2. The predicted octanol–water partition coefficient (Wildman–Crippen LogP) is 0.413. The SMILES string of the molecule is NC(=O)[C@@H]1CCCCC[C@H]1O. The number of aliphatic hydroxyl groups is 1. The molecule has 0 aromatic rings. The summed E-state index contributed by atoms with van der Waals surface area (Å²) in [5.41, 5.74) is 5.13. The van der Waals surface area contributed by atoms with Gasteiger partial charge in [-0.1, -0.05) is 19.3 Å². The molecule has 0 aromatic carbocycles. The summed E-state index contributed by atoms with van der Waals surface area (Å²) in [4.78, 5) is 10.8. The van der Waals surface area contributed by atoms with Gasteiger partial charge in [-0.05, 0) is 12.8 Å². The van der Waals surface area contributed by atoms with Gasteiger partial charge in [0.05, 0.1) is 12.0 Å². The third kappa shape index (κ3) is 2.19. The van der Waals surface area contributed by atoms with Gasteiger partial charge in [-0.2, -0.15) is 0 Å². The molecule has 0 aromatic heterocycles. The van der Waals surface area contributed by atoms with Crippen LogP contribution in [-0.4, -0.2) is 17.1 Å². The van der Waals surface area contributed by atoms with Crippen LogP contribution in [0.25, 0.3) is 0 Å². The van der Waals surface area contributed by atoms with E-state index in [-0.39, 0.29) is 11.8 Å². The number of carbonyl (C=O) groups is 1. The zero-order chi connectivity index (χ0) is 8.27. The highest BCUT2D eigenvalue weighted by atomic mass is 16.3. The second-order valence-corrected chi connectivity index (χ2v) is 3.21. The van der Waals surface area contributed by atoms with Gasteiger partial charge in [0.1, 0.15) is 0 Å². The van der Waals surface area contributed by atoms with Crippen LogP contribution in [0, 0.1) is 5.92 Å². The van der Waals surface area contributed by atoms with Gasteiger partial charge in [0.25, 0.3) is 0 Å². The van der Waals surface area contributed by atoms with E-state index >= 15 is 0 Å². The van der Waals surface area contributed by atoms with Crippen molar-refractivity contribution >= 4 is 5.91 Å². The number of carbonyl (C=O) groups excluding carboxylic acids is 1. The van der Waals surface area contributed by atoms with Crippen molar-refractivity contribution in [2.45, 2.75) is 38.2 Å². The molecule has 11 heavy (non-hydrogen) atoms. The maximum Gasteiger partial charge on any atom is 0.223 e. The molecule has 2 atom stereocenters. The minimum absolute atomic E-state index is 0.294. The van der Waals surface area contributed by atoms with E-state index in [0.717, 1.165) is 32.1 Å². The van der Waals surface area contributed by atoms with Crippen molar-refractivity contribution in [2.75, 3.05) is 0 Å². The second kappa shape index (κ2) is 3.72. The first-order chi connectivity index (χ1) is 5.22. The Morgan fingerprint density at radius 2 is 1.91 bits per heavy atom. The molecule has 3 N–H and O–H groups in total. The molecule has 1 fully saturated rings. The minimum atomic E-state index is -0.491. The van der Waals surface area contributed by atoms with Crippen LogP contribution in [0.3, 0.4) is 0 Å². The summed E-state index contributed by atoms with van der Waals surface area (Å²) in [6, 6.07) is 0. The first-order valence-electron chi connectivity index (χ1n) is 4.19. The van der Waals surface area contributed by atoms with Crippen LogP contribution < -0.4 is 5.73 Å². The van der Waals surface area contributed by atoms with Gasteiger partial charge in [0.15, 0.2) is 0 Å². The molecular formula is C8H15NO2.